The van der Waals surface area contributed by atoms with E-state index in [9.17, 15) is 0 Å². The molecular formula is C24H27NS. The third-order valence-electron chi connectivity index (χ3n) is 4.57. The minimum absolute atomic E-state index is 0.443. The van der Waals surface area contributed by atoms with Crippen LogP contribution in [0.5, 0.6) is 0 Å². The van der Waals surface area contributed by atoms with Crippen LogP contribution in [-0.2, 0) is 0 Å². The molecule has 0 radical (unpaired) electrons. The lowest BCUT2D eigenvalue weighted by atomic mass is 9.88. The third-order valence-corrected chi connectivity index (χ3v) is 5.85. The fraction of sp³-hybridized carbons (Fsp3) is 0.250. The monoisotopic (exact) mass is 361 g/mol. The molecule has 0 aliphatic rings. The number of nitrogens with one attached hydrogen (secondary N) is 1. The summed E-state index contributed by atoms with van der Waals surface area (Å²) in [6.45, 7) is 3.29. The van der Waals surface area contributed by atoms with Gasteiger partial charge in [0.15, 0.2) is 0 Å². The highest BCUT2D eigenvalue weighted by Crippen LogP contribution is 2.27. The van der Waals surface area contributed by atoms with Crippen LogP contribution in [0, 0.1) is 0 Å². The molecule has 0 saturated heterocycles. The van der Waals surface area contributed by atoms with E-state index in [-0.39, 0.29) is 0 Å². The second-order valence-electron chi connectivity index (χ2n) is 6.64. The first-order valence-corrected chi connectivity index (χ1v) is 10.3. The van der Waals surface area contributed by atoms with Crippen molar-refractivity contribution < 1.29 is 0 Å². The van der Waals surface area contributed by atoms with E-state index in [0.717, 1.165) is 18.7 Å². The minimum atomic E-state index is 0.443. The van der Waals surface area contributed by atoms with Crippen LogP contribution in [0.1, 0.15) is 30.4 Å². The van der Waals surface area contributed by atoms with Gasteiger partial charge in [-0.1, -0.05) is 78.9 Å². The molecule has 0 aliphatic carbocycles. The summed E-state index contributed by atoms with van der Waals surface area (Å²) in [6.07, 6.45) is 1.11. The van der Waals surface area contributed by atoms with Gasteiger partial charge in [0, 0.05) is 22.6 Å². The van der Waals surface area contributed by atoms with Gasteiger partial charge in [0.1, 0.15) is 0 Å². The minimum Gasteiger partial charge on any atom is -0.313 e. The van der Waals surface area contributed by atoms with Gasteiger partial charge < -0.3 is 5.32 Å². The number of thioether (sulfide) groups is 1. The predicted molar refractivity (Wildman–Crippen MR) is 114 cm³/mol. The Labute approximate surface area is 161 Å². The maximum Gasteiger partial charge on any atom is 0.0133 e. The molecule has 0 spiro atoms. The summed E-state index contributed by atoms with van der Waals surface area (Å²) in [5.74, 6) is 1.53. The average Bonchev–Trinajstić information content (AvgIpc) is 2.72. The van der Waals surface area contributed by atoms with Crippen molar-refractivity contribution in [3.63, 3.8) is 0 Å². The van der Waals surface area contributed by atoms with Crippen LogP contribution in [-0.4, -0.2) is 18.3 Å². The predicted octanol–water partition coefficient (Wildman–Crippen LogP) is 5.98. The second-order valence-corrected chi connectivity index (χ2v) is 7.74. The molecule has 3 rings (SSSR count). The van der Waals surface area contributed by atoms with Crippen LogP contribution in [0.4, 0.5) is 0 Å². The Kier molecular flexibility index (Phi) is 7.36. The molecule has 26 heavy (non-hydrogen) atoms. The highest BCUT2D eigenvalue weighted by molar-refractivity contribution is 7.99. The summed E-state index contributed by atoms with van der Waals surface area (Å²) in [6, 6.07) is 32.8. The molecule has 1 unspecified atom stereocenters. The van der Waals surface area contributed by atoms with E-state index in [2.05, 4.69) is 103 Å². The number of hydrogen-bond donors (Lipinski definition) is 1. The lowest BCUT2D eigenvalue weighted by molar-refractivity contribution is 0.555. The fourth-order valence-corrected chi connectivity index (χ4v) is 4.08. The van der Waals surface area contributed by atoms with Gasteiger partial charge in [-0.05, 0) is 43.1 Å². The Hall–Kier alpha value is -2.03. The van der Waals surface area contributed by atoms with Gasteiger partial charge >= 0.3 is 0 Å². The van der Waals surface area contributed by atoms with E-state index in [1.807, 2.05) is 11.8 Å². The standard InChI is InChI=1S/C24H27NS/c1-20(19-26-23-15-9-4-10-16-23)25-18-17-24(21-11-5-2-6-12-21)22-13-7-3-8-14-22/h2-16,20,24-25H,17-19H2,1H3. The summed E-state index contributed by atoms with van der Waals surface area (Å²) < 4.78 is 0. The van der Waals surface area contributed by atoms with E-state index in [0.29, 0.717) is 12.0 Å². The zero-order valence-corrected chi connectivity index (χ0v) is 16.2. The van der Waals surface area contributed by atoms with E-state index in [4.69, 9.17) is 0 Å². The largest absolute Gasteiger partial charge is 0.313 e. The Morgan fingerprint density at radius 1 is 0.731 bits per heavy atom. The van der Waals surface area contributed by atoms with Gasteiger partial charge in [0.05, 0.1) is 0 Å². The van der Waals surface area contributed by atoms with Crippen molar-refractivity contribution in [3.8, 4) is 0 Å². The van der Waals surface area contributed by atoms with Crippen molar-refractivity contribution in [2.75, 3.05) is 12.3 Å². The van der Waals surface area contributed by atoms with Gasteiger partial charge in [0.25, 0.3) is 0 Å². The van der Waals surface area contributed by atoms with Gasteiger partial charge in [-0.25, -0.2) is 0 Å². The molecule has 2 heteroatoms. The normalized spacial score (nSPS) is 12.2. The molecule has 0 aliphatic heterocycles. The molecule has 0 fully saturated rings. The molecule has 3 aromatic carbocycles. The maximum absolute atomic E-state index is 3.70. The highest BCUT2D eigenvalue weighted by atomic mass is 32.2. The van der Waals surface area contributed by atoms with Crippen LogP contribution in [0.15, 0.2) is 95.9 Å². The summed E-state index contributed by atoms with van der Waals surface area (Å²) in [5.41, 5.74) is 2.79. The SMILES string of the molecule is CC(CSc1ccccc1)NCCC(c1ccccc1)c1ccccc1. The van der Waals surface area contributed by atoms with Crippen molar-refractivity contribution in [2.24, 2.45) is 0 Å². The molecule has 3 aromatic rings. The Bertz CT molecular complexity index is 703. The van der Waals surface area contributed by atoms with Crippen molar-refractivity contribution in [1.29, 1.82) is 0 Å². The maximum atomic E-state index is 3.70. The molecule has 1 nitrogen and oxygen atoms in total. The van der Waals surface area contributed by atoms with Crippen molar-refractivity contribution in [1.82, 2.24) is 5.32 Å². The Morgan fingerprint density at radius 3 is 1.77 bits per heavy atom. The topological polar surface area (TPSA) is 12.0 Å². The van der Waals surface area contributed by atoms with E-state index in [1.54, 1.807) is 0 Å². The van der Waals surface area contributed by atoms with Crippen LogP contribution in [0.3, 0.4) is 0 Å². The summed E-state index contributed by atoms with van der Waals surface area (Å²) >= 11 is 1.92. The van der Waals surface area contributed by atoms with Gasteiger partial charge in [-0.2, -0.15) is 0 Å². The van der Waals surface area contributed by atoms with Gasteiger partial charge in [-0.15, -0.1) is 11.8 Å². The summed E-state index contributed by atoms with van der Waals surface area (Å²) in [4.78, 5) is 1.34. The second kappa shape index (κ2) is 10.2. The molecule has 0 amide bonds. The molecule has 1 N–H and O–H groups in total. The van der Waals surface area contributed by atoms with Crippen LogP contribution < -0.4 is 5.32 Å². The Balaban J connectivity index is 1.53. The van der Waals surface area contributed by atoms with E-state index >= 15 is 0 Å². The highest BCUT2D eigenvalue weighted by Gasteiger charge is 2.14. The van der Waals surface area contributed by atoms with Gasteiger partial charge in [-0.3, -0.25) is 0 Å². The van der Waals surface area contributed by atoms with Crippen molar-refractivity contribution >= 4 is 11.8 Å². The van der Waals surface area contributed by atoms with E-state index < -0.39 is 0 Å². The summed E-state index contributed by atoms with van der Waals surface area (Å²) in [5, 5.41) is 3.70. The van der Waals surface area contributed by atoms with Crippen molar-refractivity contribution in [2.45, 2.75) is 30.2 Å². The molecular weight excluding hydrogens is 334 g/mol. The van der Waals surface area contributed by atoms with E-state index in [1.165, 1.54) is 16.0 Å². The molecule has 0 aromatic heterocycles. The Morgan fingerprint density at radius 2 is 1.23 bits per heavy atom. The van der Waals surface area contributed by atoms with Crippen LogP contribution in [0.2, 0.25) is 0 Å². The zero-order valence-electron chi connectivity index (χ0n) is 15.3. The molecule has 0 saturated carbocycles. The molecule has 0 heterocycles. The number of rotatable bonds is 9. The first-order valence-electron chi connectivity index (χ1n) is 9.34. The molecule has 1 atom stereocenters. The molecule has 0 bridgehead atoms. The van der Waals surface area contributed by atoms with Crippen molar-refractivity contribution in [3.05, 3.63) is 102 Å². The lowest BCUT2D eigenvalue weighted by Crippen LogP contribution is -2.30. The first kappa shape index (κ1) is 18.8. The zero-order chi connectivity index (χ0) is 18.0. The lowest BCUT2D eigenvalue weighted by Gasteiger charge is -2.20. The quantitative estimate of drug-likeness (QED) is 0.471. The third kappa shape index (κ3) is 5.76. The van der Waals surface area contributed by atoms with Crippen LogP contribution >= 0.6 is 11.8 Å². The fourth-order valence-electron chi connectivity index (χ4n) is 3.17. The number of hydrogen-bond acceptors (Lipinski definition) is 2. The number of benzene rings is 3. The average molecular weight is 362 g/mol. The summed E-state index contributed by atoms with van der Waals surface area (Å²) in [7, 11) is 0. The first-order chi connectivity index (χ1) is 12.8. The van der Waals surface area contributed by atoms with Gasteiger partial charge in [0.2, 0.25) is 0 Å². The van der Waals surface area contributed by atoms with Crippen LogP contribution in [0.25, 0.3) is 0 Å². The smallest absolute Gasteiger partial charge is 0.0133 e. The molecule has 134 valence electrons.